The minimum absolute atomic E-state index is 0.100. The van der Waals surface area contributed by atoms with E-state index in [1.165, 1.54) is 13.2 Å². The number of benzene rings is 1. The van der Waals surface area contributed by atoms with Crippen LogP contribution in [0.2, 0.25) is 0 Å². The molecule has 2 rings (SSSR count). The zero-order valence-electron chi connectivity index (χ0n) is 12.3. The molecule has 1 heterocycles. The summed E-state index contributed by atoms with van der Waals surface area (Å²) in [5.74, 6) is -0.107. The van der Waals surface area contributed by atoms with Crippen molar-refractivity contribution in [1.82, 2.24) is 10.2 Å². The lowest BCUT2D eigenvalue weighted by Crippen LogP contribution is -2.39. The Labute approximate surface area is 123 Å². The molecule has 1 aliphatic heterocycles. The fourth-order valence-electron chi connectivity index (χ4n) is 2.48. The molecule has 116 valence electrons. The number of amides is 2. The van der Waals surface area contributed by atoms with Crippen LogP contribution in [0.1, 0.15) is 24.9 Å². The first-order valence-corrected chi connectivity index (χ1v) is 7.05. The van der Waals surface area contributed by atoms with Crippen molar-refractivity contribution >= 4 is 6.03 Å². The van der Waals surface area contributed by atoms with Gasteiger partial charge in [-0.2, -0.15) is 0 Å². The first-order valence-electron chi connectivity index (χ1n) is 7.05. The maximum atomic E-state index is 13.7. The highest BCUT2D eigenvalue weighted by atomic mass is 19.1. The minimum Gasteiger partial charge on any atom is -0.494 e. The zero-order chi connectivity index (χ0) is 15.4. The topological polar surface area (TPSA) is 61.8 Å². The SMILES string of the molecule is COc1ccc(C(C)NC(=O)N2CCC(CO)C2)cc1F. The van der Waals surface area contributed by atoms with Crippen LogP contribution in [0.25, 0.3) is 0 Å². The molecule has 5 nitrogen and oxygen atoms in total. The van der Waals surface area contributed by atoms with Gasteiger partial charge >= 0.3 is 6.03 Å². The average molecular weight is 296 g/mol. The van der Waals surface area contributed by atoms with Gasteiger partial charge in [-0.1, -0.05) is 6.07 Å². The van der Waals surface area contributed by atoms with Crippen LogP contribution in [-0.4, -0.2) is 42.8 Å². The second kappa shape index (κ2) is 6.76. The molecule has 0 bridgehead atoms. The third-order valence-electron chi connectivity index (χ3n) is 3.85. The smallest absolute Gasteiger partial charge is 0.317 e. The number of urea groups is 1. The molecule has 1 aromatic carbocycles. The molecule has 2 N–H and O–H groups in total. The van der Waals surface area contributed by atoms with Crippen molar-refractivity contribution < 1.29 is 19.0 Å². The van der Waals surface area contributed by atoms with E-state index in [1.54, 1.807) is 24.0 Å². The van der Waals surface area contributed by atoms with Crippen molar-refractivity contribution in [2.24, 2.45) is 5.92 Å². The summed E-state index contributed by atoms with van der Waals surface area (Å²) >= 11 is 0. The van der Waals surface area contributed by atoms with Crippen molar-refractivity contribution in [2.45, 2.75) is 19.4 Å². The second-order valence-electron chi connectivity index (χ2n) is 5.35. The van der Waals surface area contributed by atoms with Crippen LogP contribution in [-0.2, 0) is 0 Å². The molecule has 6 heteroatoms. The summed E-state index contributed by atoms with van der Waals surface area (Å²) in [5.41, 5.74) is 0.680. The van der Waals surface area contributed by atoms with Crippen LogP contribution in [0, 0.1) is 11.7 Å². The molecular weight excluding hydrogens is 275 g/mol. The highest BCUT2D eigenvalue weighted by Crippen LogP contribution is 2.22. The van der Waals surface area contributed by atoms with Crippen molar-refractivity contribution in [3.63, 3.8) is 0 Å². The van der Waals surface area contributed by atoms with Crippen molar-refractivity contribution in [2.75, 3.05) is 26.8 Å². The fraction of sp³-hybridized carbons (Fsp3) is 0.533. The van der Waals surface area contributed by atoms with Gasteiger partial charge in [0.25, 0.3) is 0 Å². The van der Waals surface area contributed by atoms with Gasteiger partial charge < -0.3 is 20.1 Å². The number of halogens is 1. The summed E-state index contributed by atoms with van der Waals surface area (Å²) < 4.78 is 18.5. The van der Waals surface area contributed by atoms with E-state index in [0.717, 1.165) is 6.42 Å². The number of aliphatic hydroxyl groups excluding tert-OH is 1. The van der Waals surface area contributed by atoms with Crippen LogP contribution < -0.4 is 10.1 Å². The maximum absolute atomic E-state index is 13.7. The van der Waals surface area contributed by atoms with E-state index in [4.69, 9.17) is 9.84 Å². The number of carbonyl (C=O) groups excluding carboxylic acids is 1. The fourth-order valence-corrected chi connectivity index (χ4v) is 2.48. The standard InChI is InChI=1S/C15H21FN2O3/c1-10(12-3-4-14(21-2)13(16)7-12)17-15(20)18-6-5-11(8-18)9-19/h3-4,7,10-11,19H,5-6,8-9H2,1-2H3,(H,17,20). The predicted octanol–water partition coefficient (Wildman–Crippen LogP) is 1.92. The lowest BCUT2D eigenvalue weighted by Gasteiger charge is -2.21. The van der Waals surface area contributed by atoms with E-state index in [9.17, 15) is 9.18 Å². The van der Waals surface area contributed by atoms with Gasteiger partial charge in [-0.05, 0) is 31.0 Å². The van der Waals surface area contributed by atoms with Gasteiger partial charge in [-0.3, -0.25) is 0 Å². The zero-order valence-corrected chi connectivity index (χ0v) is 12.3. The van der Waals surface area contributed by atoms with Crippen molar-refractivity contribution in [1.29, 1.82) is 0 Å². The van der Waals surface area contributed by atoms with Crippen LogP contribution in [0.4, 0.5) is 9.18 Å². The summed E-state index contributed by atoms with van der Waals surface area (Å²) in [6, 6.07) is 4.16. The van der Waals surface area contributed by atoms with E-state index in [0.29, 0.717) is 18.7 Å². The summed E-state index contributed by atoms with van der Waals surface area (Å²) in [5, 5.41) is 11.9. The molecule has 21 heavy (non-hydrogen) atoms. The molecule has 0 saturated carbocycles. The Morgan fingerprint density at radius 3 is 2.95 bits per heavy atom. The third-order valence-corrected chi connectivity index (χ3v) is 3.85. The first-order chi connectivity index (χ1) is 10.0. The lowest BCUT2D eigenvalue weighted by molar-refractivity contribution is 0.195. The molecule has 1 aromatic rings. The number of methoxy groups -OCH3 is 1. The van der Waals surface area contributed by atoms with E-state index in [1.807, 2.05) is 0 Å². The van der Waals surface area contributed by atoms with Crippen LogP contribution in [0.15, 0.2) is 18.2 Å². The summed E-state index contributed by atoms with van der Waals surface area (Å²) in [6.45, 7) is 3.11. The van der Waals surface area contributed by atoms with Crippen LogP contribution >= 0.6 is 0 Å². The number of aliphatic hydroxyl groups is 1. The summed E-state index contributed by atoms with van der Waals surface area (Å²) in [6.07, 6.45) is 0.815. The van der Waals surface area contributed by atoms with Gasteiger partial charge in [0.2, 0.25) is 0 Å². The molecule has 2 atom stereocenters. The monoisotopic (exact) mass is 296 g/mol. The normalized spacial score (nSPS) is 19.4. The molecule has 2 amide bonds. The molecule has 0 radical (unpaired) electrons. The number of carbonyl (C=O) groups is 1. The largest absolute Gasteiger partial charge is 0.494 e. The van der Waals surface area contributed by atoms with Crippen LogP contribution in [0.3, 0.4) is 0 Å². The highest BCUT2D eigenvalue weighted by Gasteiger charge is 2.26. The Morgan fingerprint density at radius 2 is 2.38 bits per heavy atom. The molecule has 0 aliphatic carbocycles. The number of rotatable bonds is 4. The van der Waals surface area contributed by atoms with Crippen molar-refractivity contribution in [3.05, 3.63) is 29.6 Å². The van der Waals surface area contributed by atoms with Gasteiger partial charge in [0, 0.05) is 25.6 Å². The molecule has 1 saturated heterocycles. The maximum Gasteiger partial charge on any atom is 0.317 e. The molecule has 1 fully saturated rings. The van der Waals surface area contributed by atoms with Gasteiger partial charge in [0.15, 0.2) is 11.6 Å². The molecule has 1 aliphatic rings. The molecule has 0 aromatic heterocycles. The highest BCUT2D eigenvalue weighted by molar-refractivity contribution is 5.75. The number of hydrogen-bond donors (Lipinski definition) is 2. The summed E-state index contributed by atoms with van der Waals surface area (Å²) in [4.78, 5) is 13.8. The van der Waals surface area contributed by atoms with E-state index in [-0.39, 0.29) is 30.3 Å². The van der Waals surface area contributed by atoms with Crippen molar-refractivity contribution in [3.8, 4) is 5.75 Å². The Kier molecular flexibility index (Phi) is 5.01. The summed E-state index contributed by atoms with van der Waals surface area (Å²) in [7, 11) is 1.41. The van der Waals surface area contributed by atoms with Gasteiger partial charge in [0.05, 0.1) is 13.2 Å². The molecule has 2 unspecified atom stereocenters. The molecule has 0 spiro atoms. The Morgan fingerprint density at radius 1 is 1.62 bits per heavy atom. The average Bonchev–Trinajstić information content (AvgIpc) is 2.96. The minimum atomic E-state index is -0.447. The Balaban J connectivity index is 1.96. The Bertz CT molecular complexity index is 510. The first kappa shape index (κ1) is 15.6. The number of nitrogens with zero attached hydrogens (tertiary/aromatic N) is 1. The van der Waals surface area contributed by atoms with Gasteiger partial charge in [0.1, 0.15) is 0 Å². The predicted molar refractivity (Wildman–Crippen MR) is 76.7 cm³/mol. The number of likely N-dealkylation sites (tertiary alicyclic amines) is 1. The number of ether oxygens (including phenoxy) is 1. The second-order valence-corrected chi connectivity index (χ2v) is 5.35. The number of nitrogens with one attached hydrogen (secondary N) is 1. The van der Waals surface area contributed by atoms with Gasteiger partial charge in [-0.15, -0.1) is 0 Å². The Hall–Kier alpha value is -1.82. The van der Waals surface area contributed by atoms with Crippen LogP contribution in [0.5, 0.6) is 5.75 Å². The molecular formula is C15H21FN2O3. The van der Waals surface area contributed by atoms with E-state index in [2.05, 4.69) is 5.32 Å². The lowest BCUT2D eigenvalue weighted by atomic mass is 10.1. The van der Waals surface area contributed by atoms with E-state index < -0.39 is 5.82 Å². The third kappa shape index (κ3) is 3.64. The quantitative estimate of drug-likeness (QED) is 0.892. The van der Waals surface area contributed by atoms with E-state index >= 15 is 0 Å². The number of hydrogen-bond acceptors (Lipinski definition) is 3. The van der Waals surface area contributed by atoms with Gasteiger partial charge in [-0.25, -0.2) is 9.18 Å².